The maximum Gasteiger partial charge on any atom is 0.336 e. The van der Waals surface area contributed by atoms with Crippen molar-refractivity contribution in [2.45, 2.75) is 12.1 Å². The van der Waals surface area contributed by atoms with Gasteiger partial charge in [-0.15, -0.1) is 0 Å². The molecule has 0 aliphatic carbocycles. The molecule has 0 spiro atoms. The van der Waals surface area contributed by atoms with Crippen LogP contribution in [0.15, 0.2) is 65.8 Å². The Labute approximate surface area is 174 Å². The number of carbonyl (C=O) groups is 1. The number of nitrogens with one attached hydrogen (secondary N) is 1. The van der Waals surface area contributed by atoms with E-state index < -0.39 is 5.97 Å². The van der Waals surface area contributed by atoms with E-state index in [9.17, 15) is 4.79 Å². The lowest BCUT2D eigenvalue weighted by molar-refractivity contribution is -0.128. The molecule has 0 aliphatic rings. The molecule has 0 unspecified atom stereocenters. The summed E-state index contributed by atoms with van der Waals surface area (Å²) in [6.45, 7) is 1.92. The first-order valence-corrected chi connectivity index (χ1v) is 10.1. The highest BCUT2D eigenvalue weighted by Crippen LogP contribution is 2.22. The zero-order valence-corrected chi connectivity index (χ0v) is 17.2. The summed E-state index contributed by atoms with van der Waals surface area (Å²) < 4.78 is 10.5. The van der Waals surface area contributed by atoms with Crippen LogP contribution < -0.4 is 14.8 Å². The van der Waals surface area contributed by atoms with Crippen LogP contribution in [0.1, 0.15) is 11.3 Å². The van der Waals surface area contributed by atoms with E-state index in [1.165, 1.54) is 17.8 Å². The first-order valence-electron chi connectivity index (χ1n) is 8.86. The number of aryl methyl sites for hydroxylation is 1. The normalized spacial score (nSPS) is 10.7. The fraction of sp³-hybridized carbons (Fsp3) is 0.136. The summed E-state index contributed by atoms with van der Waals surface area (Å²) >= 11 is 1.48. The molecule has 3 rings (SSSR count). The van der Waals surface area contributed by atoms with E-state index in [1.807, 2.05) is 55.6 Å². The van der Waals surface area contributed by atoms with Gasteiger partial charge in [0.2, 0.25) is 0 Å². The molecule has 0 aliphatic heterocycles. The van der Waals surface area contributed by atoms with E-state index in [-0.39, 0.29) is 0 Å². The molecular weight excluding hydrogens is 386 g/mol. The van der Waals surface area contributed by atoms with E-state index in [1.54, 1.807) is 25.3 Å². The number of nitrogens with zero attached hydrogens (tertiary/aromatic N) is 2. The van der Waals surface area contributed by atoms with E-state index in [0.29, 0.717) is 16.7 Å². The summed E-state index contributed by atoms with van der Waals surface area (Å²) in [5, 5.41) is 3.91. The molecule has 1 aromatic heterocycles. The van der Waals surface area contributed by atoms with Gasteiger partial charge < -0.3 is 14.8 Å². The molecular formula is C22H21N3O3S. The van der Waals surface area contributed by atoms with E-state index >= 15 is 0 Å². The smallest absolute Gasteiger partial charge is 0.336 e. The van der Waals surface area contributed by atoms with Crippen LogP contribution in [0, 0.1) is 6.92 Å². The number of rotatable bonds is 7. The van der Waals surface area contributed by atoms with Crippen LogP contribution in [-0.4, -0.2) is 29.3 Å². The van der Waals surface area contributed by atoms with Crippen molar-refractivity contribution in [3.63, 3.8) is 0 Å². The lowest BCUT2D eigenvalue weighted by atomic mass is 10.2. The Morgan fingerprint density at radius 3 is 2.59 bits per heavy atom. The summed E-state index contributed by atoms with van der Waals surface area (Å²) in [4.78, 5) is 20.9. The number of thioether (sulfide) groups is 1. The van der Waals surface area contributed by atoms with Crippen LogP contribution in [-0.2, 0) is 4.79 Å². The molecule has 6 nitrogen and oxygen atoms in total. The molecule has 0 radical (unpaired) electrons. The monoisotopic (exact) mass is 407 g/mol. The summed E-state index contributed by atoms with van der Waals surface area (Å²) in [6.07, 6.45) is 5.01. The van der Waals surface area contributed by atoms with Crippen LogP contribution in [0.2, 0.25) is 0 Å². The van der Waals surface area contributed by atoms with Gasteiger partial charge in [0.05, 0.1) is 7.11 Å². The van der Waals surface area contributed by atoms with Crippen LogP contribution in [0.5, 0.6) is 11.5 Å². The quantitative estimate of drug-likeness (QED) is 0.197. The topological polar surface area (TPSA) is 73.3 Å². The number of ether oxygens (including phenoxy) is 2. The van der Waals surface area contributed by atoms with Gasteiger partial charge in [-0.25, -0.2) is 14.8 Å². The maximum atomic E-state index is 12.1. The molecule has 3 aromatic rings. The highest BCUT2D eigenvalue weighted by Gasteiger charge is 2.05. The second-order valence-corrected chi connectivity index (χ2v) is 6.84. The third-order valence-corrected chi connectivity index (χ3v) is 4.42. The van der Waals surface area contributed by atoms with Crippen molar-refractivity contribution in [2.75, 3.05) is 18.7 Å². The Kier molecular flexibility index (Phi) is 6.86. The number of hydrogen-bond acceptors (Lipinski definition) is 7. The molecule has 0 bridgehead atoms. The zero-order valence-electron chi connectivity index (χ0n) is 16.4. The Morgan fingerprint density at radius 1 is 1.07 bits per heavy atom. The molecule has 0 saturated heterocycles. The van der Waals surface area contributed by atoms with E-state index in [2.05, 4.69) is 15.3 Å². The molecule has 1 N–H and O–H groups in total. The zero-order chi connectivity index (χ0) is 20.6. The number of esters is 1. The number of methoxy groups -OCH3 is 1. The first kappa shape index (κ1) is 20.4. The third-order valence-electron chi connectivity index (χ3n) is 3.87. The number of carbonyl (C=O) groups excluding carboxylic acids is 1. The summed E-state index contributed by atoms with van der Waals surface area (Å²) in [5.41, 5.74) is 2.51. The number of aromatic nitrogens is 2. The minimum absolute atomic E-state index is 0.440. The lowest BCUT2D eigenvalue weighted by Gasteiger charge is -2.09. The van der Waals surface area contributed by atoms with Crippen LogP contribution >= 0.6 is 11.8 Å². The largest absolute Gasteiger partial charge is 0.497 e. The molecule has 1 heterocycles. The predicted octanol–water partition coefficient (Wildman–Crippen LogP) is 4.88. The third kappa shape index (κ3) is 6.08. The van der Waals surface area contributed by atoms with Gasteiger partial charge in [0.15, 0.2) is 5.16 Å². The Balaban J connectivity index is 1.65. The Bertz CT molecular complexity index is 1020. The predicted molar refractivity (Wildman–Crippen MR) is 116 cm³/mol. The fourth-order valence-corrected chi connectivity index (χ4v) is 2.94. The fourth-order valence-electron chi connectivity index (χ4n) is 2.51. The van der Waals surface area contributed by atoms with Gasteiger partial charge in [-0.1, -0.05) is 30.0 Å². The summed E-state index contributed by atoms with van der Waals surface area (Å²) in [7, 11) is 1.61. The molecule has 0 saturated carbocycles. The molecule has 29 heavy (non-hydrogen) atoms. The SMILES string of the molecule is COc1ccc(/C=C/C(=O)Oc2cccc(Nc3cc(C)nc(SC)n3)c2)cc1. The van der Waals surface area contributed by atoms with Crippen molar-refractivity contribution in [1.82, 2.24) is 9.97 Å². The van der Waals surface area contributed by atoms with E-state index in [4.69, 9.17) is 9.47 Å². The second kappa shape index (κ2) is 9.75. The maximum absolute atomic E-state index is 12.1. The highest BCUT2D eigenvalue weighted by molar-refractivity contribution is 7.98. The van der Waals surface area contributed by atoms with E-state index in [0.717, 1.165) is 22.7 Å². The van der Waals surface area contributed by atoms with Crippen molar-refractivity contribution in [3.8, 4) is 11.5 Å². The molecule has 0 atom stereocenters. The Hall–Kier alpha value is -3.32. The minimum atomic E-state index is -0.458. The Morgan fingerprint density at radius 2 is 1.86 bits per heavy atom. The molecule has 0 fully saturated rings. The van der Waals surface area contributed by atoms with Gasteiger partial charge >= 0.3 is 5.97 Å². The van der Waals surface area contributed by atoms with Crippen molar-refractivity contribution >= 4 is 35.3 Å². The lowest BCUT2D eigenvalue weighted by Crippen LogP contribution is -2.04. The molecule has 2 aromatic carbocycles. The number of hydrogen-bond donors (Lipinski definition) is 1. The van der Waals surface area contributed by atoms with Crippen LogP contribution in [0.3, 0.4) is 0 Å². The van der Waals surface area contributed by atoms with Gasteiger partial charge in [0.25, 0.3) is 0 Å². The van der Waals surface area contributed by atoms with Crippen molar-refractivity contribution in [2.24, 2.45) is 0 Å². The average Bonchev–Trinajstić information content (AvgIpc) is 2.72. The average molecular weight is 407 g/mol. The standard InChI is InChI=1S/C22H21N3O3S/c1-15-13-20(25-22(23-15)29-3)24-17-5-4-6-19(14-17)28-21(26)12-9-16-7-10-18(27-2)11-8-16/h4-14H,1-3H3,(H,23,24,25)/b12-9+. The van der Waals surface area contributed by atoms with Gasteiger partial charge in [0, 0.05) is 29.6 Å². The second-order valence-electron chi connectivity index (χ2n) is 6.06. The van der Waals surface area contributed by atoms with Crippen molar-refractivity contribution in [3.05, 3.63) is 71.9 Å². The number of anilines is 2. The molecule has 7 heteroatoms. The highest BCUT2D eigenvalue weighted by atomic mass is 32.2. The van der Waals surface area contributed by atoms with Gasteiger partial charge in [-0.05, 0) is 49.1 Å². The molecule has 148 valence electrons. The summed E-state index contributed by atoms with van der Waals surface area (Å²) in [6, 6.07) is 16.4. The number of benzene rings is 2. The van der Waals surface area contributed by atoms with Crippen LogP contribution in [0.25, 0.3) is 6.08 Å². The van der Waals surface area contributed by atoms with Crippen molar-refractivity contribution in [1.29, 1.82) is 0 Å². The van der Waals surface area contributed by atoms with Gasteiger partial charge in [0.1, 0.15) is 17.3 Å². The van der Waals surface area contributed by atoms with Gasteiger partial charge in [-0.2, -0.15) is 0 Å². The van der Waals surface area contributed by atoms with Crippen LogP contribution in [0.4, 0.5) is 11.5 Å². The van der Waals surface area contributed by atoms with Crippen molar-refractivity contribution < 1.29 is 14.3 Å². The molecule has 0 amide bonds. The first-order chi connectivity index (χ1) is 14.1. The van der Waals surface area contributed by atoms with Gasteiger partial charge in [-0.3, -0.25) is 0 Å². The summed E-state index contributed by atoms with van der Waals surface area (Å²) in [5.74, 6) is 1.43. The minimum Gasteiger partial charge on any atom is -0.497 e.